The molecule has 0 aromatic carbocycles. The van der Waals surface area contributed by atoms with Crippen LogP contribution in [0.1, 0.15) is 12.6 Å². The van der Waals surface area contributed by atoms with Crippen molar-refractivity contribution in [3.8, 4) is 0 Å². The Kier molecular flexibility index (Phi) is 10.1. The summed E-state index contributed by atoms with van der Waals surface area (Å²) in [6.07, 6.45) is 1.86. The molecule has 2 heterocycles. The van der Waals surface area contributed by atoms with Crippen LogP contribution >= 0.6 is 46.9 Å². The summed E-state index contributed by atoms with van der Waals surface area (Å²) in [7, 11) is 0.420. The zero-order valence-corrected chi connectivity index (χ0v) is 20.2. The van der Waals surface area contributed by atoms with Gasteiger partial charge in [0, 0.05) is 39.1 Å². The number of hydrogen-bond donors (Lipinski definition) is 2. The first-order valence-corrected chi connectivity index (χ1v) is 10.9. The van der Waals surface area contributed by atoms with E-state index in [1.54, 1.807) is 17.5 Å². The number of guanidine groups is 1. The number of halogens is 2. The Balaban J connectivity index is 0.00000364. The first kappa shape index (κ1) is 24.2. The van der Waals surface area contributed by atoms with Crippen LogP contribution in [0.5, 0.6) is 0 Å². The van der Waals surface area contributed by atoms with E-state index in [0.717, 1.165) is 12.2 Å². The molecule has 27 heavy (non-hydrogen) atoms. The zero-order valence-electron chi connectivity index (χ0n) is 15.5. The molecule has 0 atom stereocenters. The maximum atomic E-state index is 12.1. The van der Waals surface area contributed by atoms with Gasteiger partial charge in [0.1, 0.15) is 4.21 Å². The first-order valence-electron chi connectivity index (χ1n) is 8.17. The Labute approximate surface area is 186 Å². The third kappa shape index (κ3) is 7.26. The Morgan fingerprint density at radius 1 is 1.44 bits per heavy atom. The Morgan fingerprint density at radius 3 is 2.74 bits per heavy atom. The number of thiophene rings is 1. The average molecular weight is 546 g/mol. The standard InChI is InChI=1S/C16H24ClN5O2S2.HI/c1-4-18-16(22(3)12-14-10-13(17)11-21(14)2)19-7-8-20-26(23,24)15-6-5-9-25-15;/h5-6,9-11,20H,4,7-8,12H2,1-3H3,(H,18,19);1H. The molecule has 0 unspecified atom stereocenters. The van der Waals surface area contributed by atoms with Crippen molar-refractivity contribution >= 4 is 62.9 Å². The van der Waals surface area contributed by atoms with Crippen molar-refractivity contribution in [2.75, 3.05) is 26.7 Å². The minimum Gasteiger partial charge on any atom is -0.357 e. The molecule has 2 aromatic rings. The normalized spacial score (nSPS) is 11.9. The fourth-order valence-corrected chi connectivity index (χ4v) is 4.67. The number of hydrogen-bond acceptors (Lipinski definition) is 4. The van der Waals surface area contributed by atoms with Gasteiger partial charge < -0.3 is 14.8 Å². The predicted molar refractivity (Wildman–Crippen MR) is 123 cm³/mol. The van der Waals surface area contributed by atoms with Crippen LogP contribution < -0.4 is 10.0 Å². The van der Waals surface area contributed by atoms with Gasteiger partial charge in [-0.25, -0.2) is 13.1 Å². The summed E-state index contributed by atoms with van der Waals surface area (Å²) in [5.41, 5.74) is 1.06. The summed E-state index contributed by atoms with van der Waals surface area (Å²) in [4.78, 5) is 6.47. The molecule has 0 radical (unpaired) electrons. The molecular weight excluding hydrogens is 521 g/mol. The summed E-state index contributed by atoms with van der Waals surface area (Å²) >= 11 is 7.22. The van der Waals surface area contributed by atoms with Crippen LogP contribution in [0, 0.1) is 0 Å². The lowest BCUT2D eigenvalue weighted by Crippen LogP contribution is -2.39. The van der Waals surface area contributed by atoms with Crippen molar-refractivity contribution in [3.05, 3.63) is 40.5 Å². The van der Waals surface area contributed by atoms with Crippen molar-refractivity contribution in [2.24, 2.45) is 12.0 Å². The summed E-state index contributed by atoms with van der Waals surface area (Å²) in [5.74, 6) is 0.708. The van der Waals surface area contributed by atoms with E-state index in [2.05, 4.69) is 15.0 Å². The van der Waals surface area contributed by atoms with Gasteiger partial charge in [-0.05, 0) is 24.4 Å². The van der Waals surface area contributed by atoms with E-state index in [0.29, 0.717) is 28.3 Å². The first-order chi connectivity index (χ1) is 12.3. The van der Waals surface area contributed by atoms with Gasteiger partial charge in [-0.3, -0.25) is 4.99 Å². The molecule has 0 spiro atoms. The van der Waals surface area contributed by atoms with E-state index >= 15 is 0 Å². The quantitative estimate of drug-likeness (QED) is 0.231. The van der Waals surface area contributed by atoms with Crippen LogP contribution in [0.4, 0.5) is 0 Å². The molecule has 0 amide bonds. The lowest BCUT2D eigenvalue weighted by Gasteiger charge is -2.22. The van der Waals surface area contributed by atoms with Crippen molar-refractivity contribution in [2.45, 2.75) is 17.7 Å². The largest absolute Gasteiger partial charge is 0.357 e. The van der Waals surface area contributed by atoms with Crippen LogP contribution in [0.15, 0.2) is 39.0 Å². The summed E-state index contributed by atoms with van der Waals surface area (Å²) < 4.78 is 29.0. The van der Waals surface area contributed by atoms with Gasteiger partial charge in [0.15, 0.2) is 5.96 Å². The predicted octanol–water partition coefficient (Wildman–Crippen LogP) is 2.73. The van der Waals surface area contributed by atoms with E-state index in [-0.39, 0.29) is 30.5 Å². The maximum absolute atomic E-state index is 12.1. The second-order valence-corrected chi connectivity index (χ2v) is 9.06. The molecule has 0 saturated carbocycles. The van der Waals surface area contributed by atoms with Crippen molar-refractivity contribution in [1.29, 1.82) is 0 Å². The topological polar surface area (TPSA) is 78.7 Å². The fraction of sp³-hybridized carbons (Fsp3) is 0.438. The number of rotatable bonds is 8. The molecule has 0 bridgehead atoms. The van der Waals surface area contributed by atoms with E-state index in [9.17, 15) is 8.42 Å². The fourth-order valence-electron chi connectivity index (χ4n) is 2.34. The molecule has 0 aliphatic rings. The number of sulfonamides is 1. The molecule has 11 heteroatoms. The Bertz CT molecular complexity index is 837. The minimum atomic E-state index is -3.45. The summed E-state index contributed by atoms with van der Waals surface area (Å²) in [6.45, 7) is 3.92. The second-order valence-electron chi connectivity index (χ2n) is 5.68. The van der Waals surface area contributed by atoms with Gasteiger partial charge in [0.05, 0.1) is 18.1 Å². The van der Waals surface area contributed by atoms with Gasteiger partial charge in [0.2, 0.25) is 10.0 Å². The zero-order chi connectivity index (χ0) is 19.2. The van der Waals surface area contributed by atoms with Crippen molar-refractivity contribution in [3.63, 3.8) is 0 Å². The molecule has 2 aromatic heterocycles. The maximum Gasteiger partial charge on any atom is 0.250 e. The third-order valence-electron chi connectivity index (χ3n) is 3.60. The second kappa shape index (κ2) is 11.2. The lowest BCUT2D eigenvalue weighted by molar-refractivity contribution is 0.462. The molecule has 2 N–H and O–H groups in total. The summed E-state index contributed by atoms with van der Waals surface area (Å²) in [6, 6.07) is 5.21. The van der Waals surface area contributed by atoms with Gasteiger partial charge in [-0.15, -0.1) is 35.3 Å². The highest BCUT2D eigenvalue weighted by Crippen LogP contribution is 2.15. The third-order valence-corrected chi connectivity index (χ3v) is 6.66. The van der Waals surface area contributed by atoms with E-state index in [1.807, 2.05) is 42.7 Å². The molecule has 2 rings (SSSR count). The van der Waals surface area contributed by atoms with E-state index in [1.165, 1.54) is 11.3 Å². The molecule has 0 fully saturated rings. The van der Waals surface area contributed by atoms with E-state index < -0.39 is 10.0 Å². The number of nitrogens with zero attached hydrogens (tertiary/aromatic N) is 3. The number of aliphatic imine (C=N–C) groups is 1. The van der Waals surface area contributed by atoms with Crippen LogP contribution in [0.2, 0.25) is 5.02 Å². The van der Waals surface area contributed by atoms with Gasteiger partial charge in [-0.1, -0.05) is 17.7 Å². The van der Waals surface area contributed by atoms with Crippen molar-refractivity contribution in [1.82, 2.24) is 19.5 Å². The molecule has 0 aliphatic carbocycles. The highest BCUT2D eigenvalue weighted by atomic mass is 127. The lowest BCUT2D eigenvalue weighted by atomic mass is 10.4. The van der Waals surface area contributed by atoms with Crippen LogP contribution in [-0.4, -0.2) is 50.5 Å². The number of aryl methyl sites for hydroxylation is 1. The molecule has 152 valence electrons. The highest BCUT2D eigenvalue weighted by Gasteiger charge is 2.14. The highest BCUT2D eigenvalue weighted by molar-refractivity contribution is 14.0. The Hall–Kier alpha value is -0.820. The van der Waals surface area contributed by atoms with Crippen molar-refractivity contribution < 1.29 is 8.42 Å². The van der Waals surface area contributed by atoms with Crippen LogP contribution in [0.3, 0.4) is 0 Å². The Morgan fingerprint density at radius 2 is 2.19 bits per heavy atom. The molecule has 7 nitrogen and oxygen atoms in total. The summed E-state index contributed by atoms with van der Waals surface area (Å²) in [5, 5.41) is 5.64. The average Bonchev–Trinajstić information content (AvgIpc) is 3.21. The monoisotopic (exact) mass is 545 g/mol. The van der Waals surface area contributed by atoms with Crippen LogP contribution in [0.25, 0.3) is 0 Å². The number of aromatic nitrogens is 1. The van der Waals surface area contributed by atoms with Gasteiger partial charge in [0.25, 0.3) is 0 Å². The van der Waals surface area contributed by atoms with E-state index in [4.69, 9.17) is 11.6 Å². The molecule has 0 aliphatic heterocycles. The smallest absolute Gasteiger partial charge is 0.250 e. The van der Waals surface area contributed by atoms with Gasteiger partial charge in [-0.2, -0.15) is 0 Å². The molecular formula is C16H25ClIN5O2S2. The molecule has 0 saturated heterocycles. The number of nitrogens with one attached hydrogen (secondary N) is 2. The SMILES string of the molecule is CCNC(=NCCNS(=O)(=O)c1cccs1)N(C)Cc1cc(Cl)cn1C.I. The van der Waals surface area contributed by atoms with Gasteiger partial charge >= 0.3 is 0 Å². The minimum absolute atomic E-state index is 0. The van der Waals surface area contributed by atoms with Crippen LogP contribution in [-0.2, 0) is 23.6 Å².